The molecule has 1 aliphatic heterocycles. The van der Waals surface area contributed by atoms with Crippen LogP contribution in [0.3, 0.4) is 0 Å². The average molecular weight is 328 g/mol. The summed E-state index contributed by atoms with van der Waals surface area (Å²) >= 11 is 6.10. The van der Waals surface area contributed by atoms with Crippen molar-refractivity contribution in [2.24, 2.45) is 5.92 Å². The Kier molecular flexibility index (Phi) is 3.65. The Morgan fingerprint density at radius 2 is 2.17 bits per heavy atom. The standard InChI is InChI=1S/C17H18ClN5/c1-12-4-3-7-22(10-12)16-15-9-21-23(17(15)20-11-19-16)14-6-2-5-13(18)8-14/h2,5-6,8-9,11-12H,3-4,7,10H2,1H3/t12-/m0/s1. The van der Waals surface area contributed by atoms with Gasteiger partial charge in [-0.25, -0.2) is 14.6 Å². The molecule has 1 saturated heterocycles. The quantitative estimate of drug-likeness (QED) is 0.720. The number of aromatic nitrogens is 4. The zero-order chi connectivity index (χ0) is 15.8. The van der Waals surface area contributed by atoms with Crippen LogP contribution in [0.2, 0.25) is 5.02 Å². The minimum absolute atomic E-state index is 0.685. The molecule has 23 heavy (non-hydrogen) atoms. The second-order valence-corrected chi connectivity index (χ2v) is 6.60. The monoisotopic (exact) mass is 327 g/mol. The maximum atomic E-state index is 6.10. The molecule has 118 valence electrons. The van der Waals surface area contributed by atoms with Gasteiger partial charge in [-0.05, 0) is 37.0 Å². The highest BCUT2D eigenvalue weighted by Gasteiger charge is 2.21. The number of benzene rings is 1. The van der Waals surface area contributed by atoms with E-state index >= 15 is 0 Å². The van der Waals surface area contributed by atoms with Crippen LogP contribution in [0.1, 0.15) is 19.8 Å². The molecule has 1 fully saturated rings. The van der Waals surface area contributed by atoms with Crippen molar-refractivity contribution in [2.45, 2.75) is 19.8 Å². The summed E-state index contributed by atoms with van der Waals surface area (Å²) in [6.07, 6.45) is 5.96. The van der Waals surface area contributed by atoms with E-state index in [4.69, 9.17) is 11.6 Å². The molecular weight excluding hydrogens is 310 g/mol. The number of fused-ring (bicyclic) bond motifs is 1. The molecule has 1 aromatic carbocycles. The Hall–Kier alpha value is -2.14. The number of rotatable bonds is 2. The number of piperidine rings is 1. The molecule has 0 saturated carbocycles. The second kappa shape index (κ2) is 5.81. The molecular formula is C17H18ClN5. The summed E-state index contributed by atoms with van der Waals surface area (Å²) in [5, 5.41) is 6.18. The van der Waals surface area contributed by atoms with Crippen molar-refractivity contribution < 1.29 is 0 Å². The van der Waals surface area contributed by atoms with Gasteiger partial charge >= 0.3 is 0 Å². The third-order valence-corrected chi connectivity index (χ3v) is 4.59. The van der Waals surface area contributed by atoms with E-state index in [2.05, 4.69) is 26.9 Å². The predicted octanol–water partition coefficient (Wildman–Crippen LogP) is 3.71. The van der Waals surface area contributed by atoms with Gasteiger partial charge in [0.1, 0.15) is 12.1 Å². The van der Waals surface area contributed by atoms with Gasteiger partial charge in [-0.15, -0.1) is 0 Å². The lowest BCUT2D eigenvalue weighted by Gasteiger charge is -2.31. The normalized spacial score (nSPS) is 18.5. The molecule has 0 unspecified atom stereocenters. The van der Waals surface area contributed by atoms with Crippen LogP contribution < -0.4 is 4.90 Å². The first kappa shape index (κ1) is 14.5. The van der Waals surface area contributed by atoms with E-state index in [-0.39, 0.29) is 0 Å². The van der Waals surface area contributed by atoms with E-state index in [1.165, 1.54) is 12.8 Å². The molecule has 0 amide bonds. The Labute approximate surface area is 139 Å². The fourth-order valence-electron chi connectivity index (χ4n) is 3.26. The summed E-state index contributed by atoms with van der Waals surface area (Å²) in [5.74, 6) is 1.67. The molecule has 0 bridgehead atoms. The van der Waals surface area contributed by atoms with Gasteiger partial charge in [-0.3, -0.25) is 0 Å². The van der Waals surface area contributed by atoms with E-state index < -0.39 is 0 Å². The maximum absolute atomic E-state index is 6.10. The zero-order valence-electron chi connectivity index (χ0n) is 13.0. The average Bonchev–Trinajstić information content (AvgIpc) is 2.99. The SMILES string of the molecule is C[C@H]1CCCN(c2ncnc3c2cnn3-c2cccc(Cl)c2)C1. The molecule has 6 heteroatoms. The van der Waals surface area contributed by atoms with Gasteiger partial charge in [-0.1, -0.05) is 24.6 Å². The Morgan fingerprint density at radius 1 is 1.26 bits per heavy atom. The lowest BCUT2D eigenvalue weighted by atomic mass is 10.0. The number of nitrogens with zero attached hydrogens (tertiary/aromatic N) is 5. The van der Waals surface area contributed by atoms with E-state index in [1.54, 1.807) is 6.33 Å². The number of anilines is 1. The van der Waals surface area contributed by atoms with Gasteiger partial charge in [-0.2, -0.15) is 5.10 Å². The van der Waals surface area contributed by atoms with Crippen molar-refractivity contribution in [1.29, 1.82) is 0 Å². The first-order valence-electron chi connectivity index (χ1n) is 7.92. The van der Waals surface area contributed by atoms with Crippen LogP contribution in [0, 0.1) is 5.92 Å². The van der Waals surface area contributed by atoms with Crippen LogP contribution >= 0.6 is 11.6 Å². The number of halogens is 1. The summed E-state index contributed by atoms with van der Waals surface area (Å²) in [6.45, 7) is 4.37. The summed E-state index contributed by atoms with van der Waals surface area (Å²) < 4.78 is 1.82. The van der Waals surface area contributed by atoms with Crippen LogP contribution in [0.25, 0.3) is 16.7 Å². The van der Waals surface area contributed by atoms with Crippen LogP contribution in [0.15, 0.2) is 36.8 Å². The highest BCUT2D eigenvalue weighted by molar-refractivity contribution is 6.30. The highest BCUT2D eigenvalue weighted by Crippen LogP contribution is 2.28. The second-order valence-electron chi connectivity index (χ2n) is 6.16. The van der Waals surface area contributed by atoms with Crippen molar-refractivity contribution in [2.75, 3.05) is 18.0 Å². The zero-order valence-corrected chi connectivity index (χ0v) is 13.7. The summed E-state index contributed by atoms with van der Waals surface area (Å²) in [4.78, 5) is 11.3. The molecule has 3 heterocycles. The van der Waals surface area contributed by atoms with E-state index in [9.17, 15) is 0 Å². The molecule has 0 radical (unpaired) electrons. The largest absolute Gasteiger partial charge is 0.356 e. The van der Waals surface area contributed by atoms with Gasteiger partial charge in [0.25, 0.3) is 0 Å². The molecule has 0 spiro atoms. The molecule has 1 atom stereocenters. The van der Waals surface area contributed by atoms with Gasteiger partial charge < -0.3 is 4.90 Å². The summed E-state index contributed by atoms with van der Waals surface area (Å²) in [6, 6.07) is 7.63. The highest BCUT2D eigenvalue weighted by atomic mass is 35.5. The van der Waals surface area contributed by atoms with E-state index in [1.807, 2.05) is 35.1 Å². The molecule has 0 N–H and O–H groups in total. The third kappa shape index (κ3) is 2.65. The lowest BCUT2D eigenvalue weighted by molar-refractivity contribution is 0.445. The minimum Gasteiger partial charge on any atom is -0.356 e. The lowest BCUT2D eigenvalue weighted by Crippen LogP contribution is -2.34. The van der Waals surface area contributed by atoms with E-state index in [0.29, 0.717) is 10.9 Å². The minimum atomic E-state index is 0.685. The van der Waals surface area contributed by atoms with Crippen molar-refractivity contribution >= 4 is 28.5 Å². The fraction of sp³-hybridized carbons (Fsp3) is 0.353. The smallest absolute Gasteiger partial charge is 0.168 e. The van der Waals surface area contributed by atoms with Gasteiger partial charge in [0.05, 0.1) is 17.3 Å². The number of hydrogen-bond donors (Lipinski definition) is 0. The van der Waals surface area contributed by atoms with Gasteiger partial charge in [0, 0.05) is 18.1 Å². The molecule has 5 nitrogen and oxygen atoms in total. The molecule has 0 aliphatic carbocycles. The fourth-order valence-corrected chi connectivity index (χ4v) is 3.45. The van der Waals surface area contributed by atoms with E-state index in [0.717, 1.165) is 35.6 Å². The van der Waals surface area contributed by atoms with Crippen LogP contribution in [0.5, 0.6) is 0 Å². The van der Waals surface area contributed by atoms with Crippen molar-refractivity contribution in [3.05, 3.63) is 41.8 Å². The maximum Gasteiger partial charge on any atom is 0.168 e. The van der Waals surface area contributed by atoms with Crippen LogP contribution in [-0.2, 0) is 0 Å². The topological polar surface area (TPSA) is 46.8 Å². The van der Waals surface area contributed by atoms with Crippen molar-refractivity contribution in [1.82, 2.24) is 19.7 Å². The summed E-state index contributed by atoms with van der Waals surface area (Å²) in [7, 11) is 0. The number of hydrogen-bond acceptors (Lipinski definition) is 4. The first-order valence-corrected chi connectivity index (χ1v) is 8.30. The first-order chi connectivity index (χ1) is 11.2. The summed E-state index contributed by atoms with van der Waals surface area (Å²) in [5.41, 5.74) is 1.72. The van der Waals surface area contributed by atoms with Crippen LogP contribution in [-0.4, -0.2) is 32.8 Å². The van der Waals surface area contributed by atoms with Crippen molar-refractivity contribution in [3.8, 4) is 5.69 Å². The molecule has 4 rings (SSSR count). The Balaban J connectivity index is 1.80. The van der Waals surface area contributed by atoms with Gasteiger partial charge in [0.15, 0.2) is 5.65 Å². The van der Waals surface area contributed by atoms with Crippen molar-refractivity contribution in [3.63, 3.8) is 0 Å². The molecule has 1 aliphatic rings. The Morgan fingerprint density at radius 3 is 3.00 bits per heavy atom. The van der Waals surface area contributed by atoms with Crippen LogP contribution in [0.4, 0.5) is 5.82 Å². The predicted molar refractivity (Wildman–Crippen MR) is 92.3 cm³/mol. The molecule has 3 aromatic rings. The third-order valence-electron chi connectivity index (χ3n) is 4.35. The molecule has 2 aromatic heterocycles. The Bertz CT molecular complexity index is 844. The van der Waals surface area contributed by atoms with Gasteiger partial charge in [0.2, 0.25) is 0 Å².